The molecule has 6 nitrogen and oxygen atoms in total. The zero-order chi connectivity index (χ0) is 12.8. The molecule has 0 fully saturated rings. The summed E-state index contributed by atoms with van der Waals surface area (Å²) in [5.74, 6) is -0.308. The second-order valence-corrected chi connectivity index (χ2v) is 5.22. The molecule has 0 aliphatic carbocycles. The minimum Gasteiger partial charge on any atom is -0.476 e. The van der Waals surface area contributed by atoms with Crippen molar-refractivity contribution in [1.29, 1.82) is 0 Å². The Morgan fingerprint density at radius 2 is 2.18 bits per heavy atom. The van der Waals surface area contributed by atoms with Gasteiger partial charge in [0.2, 0.25) is 0 Å². The van der Waals surface area contributed by atoms with Crippen LogP contribution in [0.3, 0.4) is 0 Å². The van der Waals surface area contributed by atoms with Gasteiger partial charge < -0.3 is 10.4 Å². The molecule has 17 heavy (non-hydrogen) atoms. The number of aromatic nitrogens is 2. The van der Waals surface area contributed by atoms with Gasteiger partial charge in [0.1, 0.15) is 0 Å². The third kappa shape index (κ3) is 4.48. The maximum absolute atomic E-state index is 10.9. The SMILES string of the molecule is CC(CCS(C)=O)Nc1nccnc1C(=O)O. The van der Waals surface area contributed by atoms with Crippen molar-refractivity contribution in [2.24, 2.45) is 0 Å². The Balaban J connectivity index is 2.67. The van der Waals surface area contributed by atoms with Crippen LogP contribution in [0.15, 0.2) is 12.4 Å². The van der Waals surface area contributed by atoms with Gasteiger partial charge in [0.25, 0.3) is 0 Å². The van der Waals surface area contributed by atoms with E-state index in [-0.39, 0.29) is 17.6 Å². The molecule has 1 aromatic heterocycles. The maximum Gasteiger partial charge on any atom is 0.358 e. The average molecular weight is 257 g/mol. The highest BCUT2D eigenvalue weighted by molar-refractivity contribution is 7.84. The molecule has 2 unspecified atom stereocenters. The lowest BCUT2D eigenvalue weighted by atomic mass is 10.2. The van der Waals surface area contributed by atoms with E-state index in [1.165, 1.54) is 12.4 Å². The number of nitrogens with zero attached hydrogens (tertiary/aromatic N) is 2. The van der Waals surface area contributed by atoms with E-state index in [9.17, 15) is 9.00 Å². The Hall–Kier alpha value is -1.50. The fourth-order valence-electron chi connectivity index (χ4n) is 1.25. The van der Waals surface area contributed by atoms with Crippen molar-refractivity contribution in [3.8, 4) is 0 Å². The number of carbonyl (C=O) groups is 1. The summed E-state index contributed by atoms with van der Waals surface area (Å²) in [6.45, 7) is 1.88. The largest absolute Gasteiger partial charge is 0.476 e. The Labute approximate surface area is 102 Å². The van der Waals surface area contributed by atoms with Gasteiger partial charge in [-0.05, 0) is 13.3 Å². The first-order valence-corrected chi connectivity index (χ1v) is 6.84. The molecule has 0 spiro atoms. The second-order valence-electron chi connectivity index (χ2n) is 3.67. The van der Waals surface area contributed by atoms with Crippen molar-refractivity contribution in [3.63, 3.8) is 0 Å². The van der Waals surface area contributed by atoms with Gasteiger partial charge in [-0.25, -0.2) is 14.8 Å². The Morgan fingerprint density at radius 3 is 2.76 bits per heavy atom. The van der Waals surface area contributed by atoms with Gasteiger partial charge in [0, 0.05) is 41.2 Å². The lowest BCUT2D eigenvalue weighted by molar-refractivity contribution is 0.0691. The smallest absolute Gasteiger partial charge is 0.358 e. The van der Waals surface area contributed by atoms with Crippen molar-refractivity contribution in [3.05, 3.63) is 18.1 Å². The van der Waals surface area contributed by atoms with Crippen LogP contribution in [0, 0.1) is 0 Å². The zero-order valence-corrected chi connectivity index (χ0v) is 10.5. The Bertz CT molecular complexity index is 425. The van der Waals surface area contributed by atoms with E-state index in [4.69, 9.17) is 5.11 Å². The fraction of sp³-hybridized carbons (Fsp3) is 0.500. The second kappa shape index (κ2) is 6.29. The van der Waals surface area contributed by atoms with E-state index in [0.29, 0.717) is 12.2 Å². The van der Waals surface area contributed by atoms with E-state index in [0.717, 1.165) is 0 Å². The number of aromatic carboxylic acids is 1. The minimum absolute atomic E-state index is 0.00583. The molecule has 0 amide bonds. The van der Waals surface area contributed by atoms with E-state index in [1.807, 2.05) is 6.92 Å². The zero-order valence-electron chi connectivity index (χ0n) is 9.71. The molecular weight excluding hydrogens is 242 g/mol. The molecular formula is C10H15N3O3S. The summed E-state index contributed by atoms with van der Waals surface area (Å²) in [5.41, 5.74) is -0.100. The van der Waals surface area contributed by atoms with Gasteiger partial charge in [-0.2, -0.15) is 0 Å². The number of carboxylic acids is 1. The van der Waals surface area contributed by atoms with Crippen LogP contribution in [0.2, 0.25) is 0 Å². The first-order valence-electron chi connectivity index (χ1n) is 5.11. The van der Waals surface area contributed by atoms with Crippen molar-refractivity contribution in [2.45, 2.75) is 19.4 Å². The van der Waals surface area contributed by atoms with Crippen LogP contribution >= 0.6 is 0 Å². The van der Waals surface area contributed by atoms with Gasteiger partial charge in [-0.3, -0.25) is 4.21 Å². The minimum atomic E-state index is -1.12. The molecule has 0 saturated heterocycles. The molecule has 2 atom stereocenters. The quantitative estimate of drug-likeness (QED) is 0.781. The topological polar surface area (TPSA) is 92.2 Å². The number of carboxylic acid groups (broad SMARTS) is 1. The van der Waals surface area contributed by atoms with Crippen molar-refractivity contribution < 1.29 is 14.1 Å². The van der Waals surface area contributed by atoms with Crippen LogP contribution in [0.4, 0.5) is 5.82 Å². The summed E-state index contributed by atoms with van der Waals surface area (Å²) >= 11 is 0. The van der Waals surface area contributed by atoms with E-state index in [2.05, 4.69) is 15.3 Å². The number of hydrogen-bond donors (Lipinski definition) is 2. The van der Waals surface area contributed by atoms with Crippen molar-refractivity contribution in [2.75, 3.05) is 17.3 Å². The fourth-order valence-corrected chi connectivity index (χ4v) is 1.93. The number of nitrogens with one attached hydrogen (secondary N) is 1. The van der Waals surface area contributed by atoms with Crippen molar-refractivity contribution in [1.82, 2.24) is 9.97 Å². The van der Waals surface area contributed by atoms with E-state index >= 15 is 0 Å². The Morgan fingerprint density at radius 1 is 1.53 bits per heavy atom. The van der Waals surface area contributed by atoms with Crippen LogP contribution in [-0.4, -0.2) is 43.3 Å². The Kier molecular flexibility index (Phi) is 5.02. The van der Waals surface area contributed by atoms with Crippen LogP contribution in [-0.2, 0) is 10.8 Å². The molecule has 0 saturated carbocycles. The molecule has 0 bridgehead atoms. The van der Waals surface area contributed by atoms with Gasteiger partial charge in [0.15, 0.2) is 11.5 Å². The molecule has 1 aromatic rings. The predicted octanol–water partition coefficient (Wildman–Crippen LogP) is 0.744. The van der Waals surface area contributed by atoms with Gasteiger partial charge in [-0.1, -0.05) is 0 Å². The highest BCUT2D eigenvalue weighted by atomic mass is 32.2. The summed E-state index contributed by atoms with van der Waals surface area (Å²) < 4.78 is 10.9. The van der Waals surface area contributed by atoms with Gasteiger partial charge in [-0.15, -0.1) is 0 Å². The number of hydrogen-bond acceptors (Lipinski definition) is 5. The molecule has 0 aliphatic rings. The third-order valence-corrected chi connectivity index (χ3v) is 2.93. The summed E-state index contributed by atoms with van der Waals surface area (Å²) in [5, 5.41) is 11.9. The number of anilines is 1. The summed E-state index contributed by atoms with van der Waals surface area (Å²) in [6, 6.07) is -0.00583. The molecule has 94 valence electrons. The third-order valence-electron chi connectivity index (χ3n) is 2.12. The molecule has 0 aliphatic heterocycles. The normalized spacial score (nSPS) is 14.0. The van der Waals surface area contributed by atoms with Crippen LogP contribution in [0.25, 0.3) is 0 Å². The average Bonchev–Trinajstić information content (AvgIpc) is 2.27. The van der Waals surface area contributed by atoms with Crippen LogP contribution in [0.5, 0.6) is 0 Å². The maximum atomic E-state index is 10.9. The van der Waals surface area contributed by atoms with E-state index in [1.54, 1.807) is 6.26 Å². The summed E-state index contributed by atoms with van der Waals surface area (Å²) in [4.78, 5) is 18.6. The first-order chi connectivity index (χ1) is 8.00. The monoisotopic (exact) mass is 257 g/mol. The highest BCUT2D eigenvalue weighted by Gasteiger charge is 2.14. The number of rotatable bonds is 6. The summed E-state index contributed by atoms with van der Waals surface area (Å²) in [6.07, 6.45) is 5.08. The molecule has 1 heterocycles. The lowest BCUT2D eigenvalue weighted by Gasteiger charge is -2.14. The molecule has 0 aromatic carbocycles. The summed E-state index contributed by atoms with van der Waals surface area (Å²) in [7, 11) is -0.851. The van der Waals surface area contributed by atoms with Crippen LogP contribution in [0.1, 0.15) is 23.8 Å². The van der Waals surface area contributed by atoms with Gasteiger partial charge >= 0.3 is 5.97 Å². The molecule has 2 N–H and O–H groups in total. The highest BCUT2D eigenvalue weighted by Crippen LogP contribution is 2.10. The first kappa shape index (κ1) is 13.6. The van der Waals surface area contributed by atoms with Crippen LogP contribution < -0.4 is 5.32 Å². The predicted molar refractivity (Wildman–Crippen MR) is 65.6 cm³/mol. The standard InChI is InChI=1S/C10H15N3O3S/c1-7(3-6-17(2)16)13-9-8(10(14)15)11-4-5-12-9/h4-5,7H,3,6H2,1-2H3,(H,12,13)(H,14,15). The van der Waals surface area contributed by atoms with E-state index < -0.39 is 16.8 Å². The lowest BCUT2D eigenvalue weighted by Crippen LogP contribution is -2.21. The molecule has 1 rings (SSSR count). The van der Waals surface area contributed by atoms with Crippen molar-refractivity contribution >= 4 is 22.6 Å². The molecule has 7 heteroatoms. The van der Waals surface area contributed by atoms with Gasteiger partial charge in [0.05, 0.1) is 0 Å². The molecule has 0 radical (unpaired) electrons.